The van der Waals surface area contributed by atoms with E-state index in [9.17, 15) is 28.1 Å². The summed E-state index contributed by atoms with van der Waals surface area (Å²) in [4.78, 5) is 23.1. The Bertz CT molecular complexity index is 728. The molecule has 10 heteroatoms. The summed E-state index contributed by atoms with van der Waals surface area (Å²) in [6.07, 6.45) is 0.527. The van der Waals surface area contributed by atoms with Gasteiger partial charge in [0, 0.05) is 13.1 Å². The molecule has 0 atom stereocenters. The summed E-state index contributed by atoms with van der Waals surface area (Å²) in [5.74, 6) is -5.96. The molecule has 0 N–H and O–H groups in total. The van der Waals surface area contributed by atoms with Crippen LogP contribution in [0.3, 0.4) is 0 Å². The smallest absolute Gasteiger partial charge is 0.410 e. The van der Waals surface area contributed by atoms with Gasteiger partial charge in [0.05, 0.1) is 17.6 Å². The Morgan fingerprint density at radius 3 is 2.37 bits per heavy atom. The van der Waals surface area contributed by atoms with Crippen molar-refractivity contribution in [2.45, 2.75) is 39.2 Å². The zero-order chi connectivity index (χ0) is 20.4. The molecule has 0 aromatic heterocycles. The fourth-order valence-corrected chi connectivity index (χ4v) is 2.64. The predicted octanol–water partition coefficient (Wildman–Crippen LogP) is 4.04. The maximum Gasteiger partial charge on any atom is 0.410 e. The SMILES string of the molecule is CC(C)(C)OC(=O)N1CCC(COc2c(F)c(F)cc([N+](=O)[O-])c2F)CC1. The summed E-state index contributed by atoms with van der Waals surface area (Å²) in [5.41, 5.74) is -1.80. The number of rotatable bonds is 4. The Balaban J connectivity index is 1.96. The highest BCUT2D eigenvalue weighted by molar-refractivity contribution is 5.68. The Kier molecular flexibility index (Phi) is 6.17. The van der Waals surface area contributed by atoms with Crippen LogP contribution in [-0.4, -0.2) is 41.2 Å². The molecule has 0 saturated carbocycles. The van der Waals surface area contributed by atoms with Gasteiger partial charge >= 0.3 is 11.8 Å². The van der Waals surface area contributed by atoms with Crippen molar-refractivity contribution < 1.29 is 32.4 Å². The molecule has 1 aliphatic rings. The molecule has 1 saturated heterocycles. The number of carbonyl (C=O) groups excluding carboxylic acids is 1. The van der Waals surface area contributed by atoms with Gasteiger partial charge in [0.1, 0.15) is 5.60 Å². The summed E-state index contributed by atoms with van der Waals surface area (Å²) < 4.78 is 51.5. The minimum absolute atomic E-state index is 0.148. The van der Waals surface area contributed by atoms with Crippen molar-refractivity contribution >= 4 is 11.8 Å². The molecule has 0 aliphatic carbocycles. The maximum atomic E-state index is 14.0. The Labute approximate surface area is 154 Å². The number of carbonyl (C=O) groups is 1. The highest BCUT2D eigenvalue weighted by Gasteiger charge is 2.30. The molecule has 1 aromatic carbocycles. The lowest BCUT2D eigenvalue weighted by Gasteiger charge is -2.33. The number of halogens is 3. The summed E-state index contributed by atoms with van der Waals surface area (Å²) in [6.45, 7) is 5.86. The molecule has 1 aliphatic heterocycles. The fourth-order valence-electron chi connectivity index (χ4n) is 2.64. The van der Waals surface area contributed by atoms with Crippen LogP contribution in [-0.2, 0) is 4.74 Å². The van der Waals surface area contributed by atoms with Gasteiger partial charge in [-0.3, -0.25) is 10.1 Å². The summed E-state index contributed by atoms with van der Waals surface area (Å²) in [7, 11) is 0. The van der Waals surface area contributed by atoms with Crippen molar-refractivity contribution in [2.24, 2.45) is 5.92 Å². The van der Waals surface area contributed by atoms with E-state index in [0.29, 0.717) is 25.9 Å². The first-order chi connectivity index (χ1) is 12.5. The van der Waals surface area contributed by atoms with Crippen LogP contribution in [0.15, 0.2) is 6.07 Å². The minimum Gasteiger partial charge on any atom is -0.487 e. The van der Waals surface area contributed by atoms with E-state index in [4.69, 9.17) is 9.47 Å². The lowest BCUT2D eigenvalue weighted by Crippen LogP contribution is -2.42. The third kappa shape index (κ3) is 5.24. The summed E-state index contributed by atoms with van der Waals surface area (Å²) in [6, 6.07) is 0.177. The van der Waals surface area contributed by atoms with Crippen molar-refractivity contribution in [1.29, 1.82) is 0 Å². The van der Waals surface area contributed by atoms with Crippen LogP contribution in [0.1, 0.15) is 33.6 Å². The van der Waals surface area contributed by atoms with Crippen molar-refractivity contribution in [2.75, 3.05) is 19.7 Å². The normalized spacial score (nSPS) is 15.6. The molecule has 1 aromatic rings. The van der Waals surface area contributed by atoms with Crippen LogP contribution in [0.5, 0.6) is 5.75 Å². The quantitative estimate of drug-likeness (QED) is 0.440. The van der Waals surface area contributed by atoms with Gasteiger partial charge in [-0.15, -0.1) is 0 Å². The average molecular weight is 390 g/mol. The van der Waals surface area contributed by atoms with E-state index < -0.39 is 45.5 Å². The maximum absolute atomic E-state index is 14.0. The van der Waals surface area contributed by atoms with E-state index in [1.807, 2.05) is 0 Å². The summed E-state index contributed by atoms with van der Waals surface area (Å²) in [5, 5.41) is 10.7. The van der Waals surface area contributed by atoms with Gasteiger partial charge < -0.3 is 14.4 Å². The van der Waals surface area contributed by atoms with Gasteiger partial charge in [0.2, 0.25) is 17.4 Å². The van der Waals surface area contributed by atoms with E-state index in [0.717, 1.165) is 0 Å². The van der Waals surface area contributed by atoms with Crippen molar-refractivity contribution in [1.82, 2.24) is 4.90 Å². The molecule has 0 radical (unpaired) electrons. The van der Waals surface area contributed by atoms with E-state index in [-0.39, 0.29) is 18.6 Å². The highest BCUT2D eigenvalue weighted by atomic mass is 19.2. The fraction of sp³-hybridized carbons (Fsp3) is 0.588. The molecule has 7 nitrogen and oxygen atoms in total. The van der Waals surface area contributed by atoms with E-state index >= 15 is 0 Å². The van der Waals surface area contributed by atoms with E-state index in [1.54, 1.807) is 20.8 Å². The van der Waals surface area contributed by atoms with Gasteiger partial charge in [-0.1, -0.05) is 0 Å². The van der Waals surface area contributed by atoms with E-state index in [1.165, 1.54) is 4.90 Å². The monoisotopic (exact) mass is 390 g/mol. The molecule has 150 valence electrons. The number of hydrogen-bond donors (Lipinski definition) is 0. The number of nitro groups is 1. The number of piperidine rings is 1. The highest BCUT2D eigenvalue weighted by Crippen LogP contribution is 2.32. The zero-order valence-electron chi connectivity index (χ0n) is 15.3. The number of hydrogen-bond acceptors (Lipinski definition) is 5. The molecule has 1 amide bonds. The lowest BCUT2D eigenvalue weighted by molar-refractivity contribution is -0.387. The topological polar surface area (TPSA) is 81.9 Å². The van der Waals surface area contributed by atoms with Gasteiger partial charge in [-0.2, -0.15) is 8.78 Å². The molecule has 1 heterocycles. The second kappa shape index (κ2) is 8.01. The number of ether oxygens (including phenoxy) is 2. The van der Waals surface area contributed by atoms with Crippen LogP contribution in [0, 0.1) is 33.5 Å². The Morgan fingerprint density at radius 1 is 1.26 bits per heavy atom. The minimum atomic E-state index is -1.61. The van der Waals surface area contributed by atoms with Crippen LogP contribution >= 0.6 is 0 Å². The third-order valence-corrected chi connectivity index (χ3v) is 4.02. The number of nitrogens with zero attached hydrogens (tertiary/aromatic N) is 2. The van der Waals surface area contributed by atoms with Gasteiger partial charge in [0.25, 0.3) is 0 Å². The number of likely N-dealkylation sites (tertiary alicyclic amines) is 1. The first-order valence-corrected chi connectivity index (χ1v) is 8.42. The third-order valence-electron chi connectivity index (χ3n) is 4.02. The van der Waals surface area contributed by atoms with Crippen LogP contribution < -0.4 is 4.74 Å². The number of benzene rings is 1. The number of amides is 1. The number of nitro benzene ring substituents is 1. The molecule has 2 rings (SSSR count). The molecule has 27 heavy (non-hydrogen) atoms. The molecule has 1 fully saturated rings. The van der Waals surface area contributed by atoms with Gasteiger partial charge in [-0.05, 0) is 39.5 Å². The molecular weight excluding hydrogens is 369 g/mol. The second-order valence-electron chi connectivity index (χ2n) is 7.31. The van der Waals surface area contributed by atoms with Crippen LogP contribution in [0.4, 0.5) is 23.7 Å². The molecule has 0 spiro atoms. The van der Waals surface area contributed by atoms with E-state index in [2.05, 4.69) is 0 Å². The molecular formula is C17H21F3N2O5. The van der Waals surface area contributed by atoms with Crippen molar-refractivity contribution in [3.63, 3.8) is 0 Å². The van der Waals surface area contributed by atoms with Crippen molar-refractivity contribution in [3.05, 3.63) is 33.6 Å². The van der Waals surface area contributed by atoms with Gasteiger partial charge in [-0.25, -0.2) is 9.18 Å². The van der Waals surface area contributed by atoms with Gasteiger partial charge in [0.15, 0.2) is 5.82 Å². The first kappa shape index (κ1) is 20.8. The largest absolute Gasteiger partial charge is 0.487 e. The lowest BCUT2D eigenvalue weighted by atomic mass is 9.98. The molecule has 0 bridgehead atoms. The second-order valence-corrected chi connectivity index (χ2v) is 7.31. The predicted molar refractivity (Wildman–Crippen MR) is 89.0 cm³/mol. The first-order valence-electron chi connectivity index (χ1n) is 8.42. The molecule has 0 unspecified atom stereocenters. The van der Waals surface area contributed by atoms with Crippen molar-refractivity contribution in [3.8, 4) is 5.75 Å². The standard InChI is InChI=1S/C17H21F3N2O5/c1-17(2,3)27-16(23)21-6-4-10(5-7-21)9-26-15-13(19)11(18)8-12(14(15)20)22(24)25/h8,10H,4-7,9H2,1-3H3. The zero-order valence-corrected chi connectivity index (χ0v) is 15.3. The average Bonchev–Trinajstić information content (AvgIpc) is 2.56. The van der Waals surface area contributed by atoms with Crippen LogP contribution in [0.2, 0.25) is 0 Å². The Morgan fingerprint density at radius 2 is 1.85 bits per heavy atom. The Hall–Kier alpha value is -2.52. The van der Waals surface area contributed by atoms with Crippen LogP contribution in [0.25, 0.3) is 0 Å². The summed E-state index contributed by atoms with van der Waals surface area (Å²) >= 11 is 0.